The Morgan fingerprint density at radius 3 is 2.40 bits per heavy atom. The molecule has 0 amide bonds. The first-order chi connectivity index (χ1) is 6.91. The molecule has 1 unspecified atom stereocenters. The highest BCUT2D eigenvalue weighted by Gasteiger charge is 2.21. The number of rotatable bonds is 6. The molecule has 0 saturated heterocycles. The Balaban J connectivity index is 3.75. The molecule has 0 aromatic carbocycles. The predicted molar refractivity (Wildman–Crippen MR) is 60.9 cm³/mol. The van der Waals surface area contributed by atoms with E-state index in [1.165, 1.54) is 0 Å². The second-order valence-electron chi connectivity index (χ2n) is 4.67. The lowest BCUT2D eigenvalue weighted by Gasteiger charge is -2.23. The molecule has 0 aliphatic rings. The van der Waals surface area contributed by atoms with E-state index >= 15 is 0 Å². The van der Waals surface area contributed by atoms with Crippen molar-refractivity contribution < 1.29 is 14.3 Å². The molecule has 0 rings (SSSR count). The molecule has 3 nitrogen and oxygen atoms in total. The van der Waals surface area contributed by atoms with E-state index in [4.69, 9.17) is 9.47 Å². The summed E-state index contributed by atoms with van der Waals surface area (Å²) in [6, 6.07) is 0. The van der Waals surface area contributed by atoms with Gasteiger partial charge in [0.1, 0.15) is 5.60 Å². The zero-order valence-electron chi connectivity index (χ0n) is 10.6. The molecular formula is C12H24O3. The molecule has 0 bridgehead atoms. The van der Waals surface area contributed by atoms with Crippen molar-refractivity contribution in [2.24, 2.45) is 5.92 Å². The average Bonchev–Trinajstić information content (AvgIpc) is 2.15. The Labute approximate surface area is 93.1 Å². The molecule has 1 atom stereocenters. The van der Waals surface area contributed by atoms with Crippen LogP contribution in [0.2, 0.25) is 0 Å². The predicted octanol–water partition coefficient (Wildman–Crippen LogP) is 3.76. The van der Waals surface area contributed by atoms with E-state index in [0.717, 1.165) is 19.3 Å². The molecule has 0 saturated carbocycles. The highest BCUT2D eigenvalue weighted by Crippen LogP contribution is 2.15. The fraction of sp³-hybridized carbons (Fsp3) is 0.917. The van der Waals surface area contributed by atoms with Crippen LogP contribution in [0.15, 0.2) is 0 Å². The van der Waals surface area contributed by atoms with Gasteiger partial charge in [0.25, 0.3) is 0 Å². The minimum atomic E-state index is -0.551. The van der Waals surface area contributed by atoms with E-state index in [9.17, 15) is 4.79 Å². The molecule has 3 heteroatoms. The summed E-state index contributed by atoms with van der Waals surface area (Å²) in [6.07, 6.45) is 2.42. The van der Waals surface area contributed by atoms with Crippen LogP contribution in [0, 0.1) is 5.92 Å². The van der Waals surface area contributed by atoms with E-state index in [2.05, 4.69) is 13.8 Å². The monoisotopic (exact) mass is 216 g/mol. The summed E-state index contributed by atoms with van der Waals surface area (Å²) in [7, 11) is 0. The van der Waals surface area contributed by atoms with Crippen molar-refractivity contribution in [3.63, 3.8) is 0 Å². The largest absolute Gasteiger partial charge is 0.508 e. The third-order valence-corrected chi connectivity index (χ3v) is 2.48. The van der Waals surface area contributed by atoms with Crippen molar-refractivity contribution in [3.8, 4) is 0 Å². The topological polar surface area (TPSA) is 35.5 Å². The molecule has 0 radical (unpaired) electrons. The van der Waals surface area contributed by atoms with Crippen LogP contribution in [-0.4, -0.2) is 18.4 Å². The Hall–Kier alpha value is -0.730. The van der Waals surface area contributed by atoms with Crippen LogP contribution < -0.4 is 0 Å². The molecule has 0 aromatic rings. The van der Waals surface area contributed by atoms with E-state index in [0.29, 0.717) is 12.5 Å². The second-order valence-corrected chi connectivity index (χ2v) is 4.67. The van der Waals surface area contributed by atoms with Gasteiger partial charge in [-0.1, -0.05) is 27.2 Å². The van der Waals surface area contributed by atoms with Crippen molar-refractivity contribution in [2.45, 2.75) is 59.5 Å². The molecule has 15 heavy (non-hydrogen) atoms. The van der Waals surface area contributed by atoms with Gasteiger partial charge in [0.15, 0.2) is 0 Å². The summed E-state index contributed by atoms with van der Waals surface area (Å²) >= 11 is 0. The Kier molecular flexibility index (Phi) is 6.37. The van der Waals surface area contributed by atoms with Crippen molar-refractivity contribution in [2.75, 3.05) is 6.61 Å². The van der Waals surface area contributed by atoms with E-state index in [1.54, 1.807) is 0 Å². The first-order valence-electron chi connectivity index (χ1n) is 5.77. The Morgan fingerprint density at radius 2 is 1.93 bits per heavy atom. The molecule has 0 aliphatic carbocycles. The smallest absolute Gasteiger partial charge is 0.434 e. The van der Waals surface area contributed by atoms with Gasteiger partial charge in [0, 0.05) is 0 Å². The maximum atomic E-state index is 11.3. The van der Waals surface area contributed by atoms with Gasteiger partial charge < -0.3 is 9.47 Å². The van der Waals surface area contributed by atoms with Crippen LogP contribution in [0.25, 0.3) is 0 Å². The fourth-order valence-corrected chi connectivity index (χ4v) is 1.11. The molecule has 0 fully saturated rings. The highest BCUT2D eigenvalue weighted by molar-refractivity contribution is 5.60. The normalized spacial score (nSPS) is 13.4. The van der Waals surface area contributed by atoms with E-state index in [1.807, 2.05) is 20.8 Å². The summed E-state index contributed by atoms with van der Waals surface area (Å²) < 4.78 is 10.2. The van der Waals surface area contributed by atoms with Crippen molar-refractivity contribution in [1.82, 2.24) is 0 Å². The molecule has 0 aromatic heterocycles. The number of hydrogen-bond donors (Lipinski definition) is 0. The van der Waals surface area contributed by atoms with Gasteiger partial charge in [0.2, 0.25) is 0 Å². The van der Waals surface area contributed by atoms with Gasteiger partial charge in [-0.05, 0) is 32.6 Å². The molecule has 0 aliphatic heterocycles. The molecule has 0 spiro atoms. The van der Waals surface area contributed by atoms with Crippen LogP contribution in [0.4, 0.5) is 4.79 Å². The number of carbonyl (C=O) groups is 1. The van der Waals surface area contributed by atoms with Gasteiger partial charge in [-0.15, -0.1) is 0 Å². The zero-order valence-corrected chi connectivity index (χ0v) is 10.6. The summed E-state index contributed by atoms with van der Waals surface area (Å²) in [5.41, 5.74) is -0.426. The van der Waals surface area contributed by atoms with E-state index in [-0.39, 0.29) is 0 Å². The van der Waals surface area contributed by atoms with Crippen LogP contribution in [0.5, 0.6) is 0 Å². The summed E-state index contributed by atoms with van der Waals surface area (Å²) in [4.78, 5) is 11.3. The van der Waals surface area contributed by atoms with Crippen LogP contribution in [0.3, 0.4) is 0 Å². The molecule has 0 heterocycles. The quantitative estimate of drug-likeness (QED) is 0.634. The van der Waals surface area contributed by atoms with Crippen LogP contribution in [0.1, 0.15) is 53.9 Å². The first kappa shape index (κ1) is 14.3. The summed E-state index contributed by atoms with van der Waals surface area (Å²) in [5.74, 6) is 0.410. The molecular weight excluding hydrogens is 192 g/mol. The van der Waals surface area contributed by atoms with Crippen molar-refractivity contribution >= 4 is 6.16 Å². The van der Waals surface area contributed by atoms with Gasteiger partial charge in [-0.2, -0.15) is 0 Å². The Morgan fingerprint density at radius 1 is 1.33 bits per heavy atom. The van der Waals surface area contributed by atoms with Gasteiger partial charge >= 0.3 is 6.16 Å². The lowest BCUT2D eigenvalue weighted by Crippen LogP contribution is -2.28. The average molecular weight is 216 g/mol. The SMILES string of the molecule is CCCC(C)COC(=O)OC(C)(C)CC. The second kappa shape index (κ2) is 6.70. The van der Waals surface area contributed by atoms with Crippen LogP contribution in [-0.2, 0) is 9.47 Å². The van der Waals surface area contributed by atoms with Gasteiger partial charge in [-0.25, -0.2) is 4.79 Å². The van der Waals surface area contributed by atoms with Crippen molar-refractivity contribution in [3.05, 3.63) is 0 Å². The maximum absolute atomic E-state index is 11.3. The summed E-state index contributed by atoms with van der Waals surface area (Å²) in [5, 5.41) is 0. The van der Waals surface area contributed by atoms with Crippen LogP contribution >= 0.6 is 0 Å². The third-order valence-electron chi connectivity index (χ3n) is 2.48. The summed E-state index contributed by atoms with van der Waals surface area (Å²) in [6.45, 7) is 10.4. The minimum Gasteiger partial charge on any atom is -0.434 e. The molecule has 0 N–H and O–H groups in total. The van der Waals surface area contributed by atoms with Gasteiger partial charge in [0.05, 0.1) is 6.61 Å². The minimum absolute atomic E-state index is 0.410. The maximum Gasteiger partial charge on any atom is 0.508 e. The lowest BCUT2D eigenvalue weighted by atomic mass is 10.1. The third kappa shape index (κ3) is 7.23. The number of ether oxygens (including phenoxy) is 2. The standard InChI is InChI=1S/C12H24O3/c1-6-8-10(3)9-14-11(13)15-12(4,5)7-2/h10H,6-9H2,1-5H3. The Bertz CT molecular complexity index is 187. The number of hydrogen-bond acceptors (Lipinski definition) is 3. The highest BCUT2D eigenvalue weighted by atomic mass is 16.7. The lowest BCUT2D eigenvalue weighted by molar-refractivity contribution is -0.0229. The van der Waals surface area contributed by atoms with Crippen molar-refractivity contribution in [1.29, 1.82) is 0 Å². The first-order valence-corrected chi connectivity index (χ1v) is 5.77. The zero-order chi connectivity index (χ0) is 11.9. The molecule has 90 valence electrons. The fourth-order valence-electron chi connectivity index (χ4n) is 1.11. The van der Waals surface area contributed by atoms with Gasteiger partial charge in [-0.3, -0.25) is 0 Å². The number of carbonyl (C=O) groups excluding carboxylic acids is 1. The van der Waals surface area contributed by atoms with E-state index < -0.39 is 11.8 Å².